The quantitative estimate of drug-likeness (QED) is 0.822. The van der Waals surface area contributed by atoms with Crippen molar-refractivity contribution in [1.29, 1.82) is 0 Å². The van der Waals surface area contributed by atoms with E-state index >= 15 is 0 Å². The van der Waals surface area contributed by atoms with Gasteiger partial charge in [0, 0.05) is 19.0 Å². The van der Waals surface area contributed by atoms with E-state index in [2.05, 4.69) is 34.9 Å². The summed E-state index contributed by atoms with van der Waals surface area (Å²) in [4.78, 5) is 26.4. The minimum Gasteiger partial charge on any atom is -0.347 e. The molecule has 0 aliphatic carbocycles. The van der Waals surface area contributed by atoms with Crippen molar-refractivity contribution < 1.29 is 9.59 Å². The number of hydrogen-bond donors (Lipinski definition) is 2. The molecule has 1 atom stereocenters. The highest BCUT2D eigenvalue weighted by Crippen LogP contribution is 2.21. The predicted octanol–water partition coefficient (Wildman–Crippen LogP) is 1.44. The van der Waals surface area contributed by atoms with Crippen LogP contribution >= 0.6 is 0 Å². The fraction of sp³-hybridized carbons (Fsp3) is 0.600. The van der Waals surface area contributed by atoms with E-state index in [4.69, 9.17) is 0 Å². The van der Waals surface area contributed by atoms with Crippen molar-refractivity contribution in [2.45, 2.75) is 26.2 Å². The lowest BCUT2D eigenvalue weighted by atomic mass is 9.88. The Balaban J connectivity index is 1.37. The molecule has 0 spiro atoms. The van der Waals surface area contributed by atoms with Gasteiger partial charge in [0.1, 0.15) is 0 Å². The second-order valence-electron chi connectivity index (χ2n) is 7.44. The summed E-state index contributed by atoms with van der Waals surface area (Å²) in [7, 11) is 0. The van der Waals surface area contributed by atoms with Gasteiger partial charge < -0.3 is 15.5 Å². The number of likely N-dealkylation sites (tertiary alicyclic amines) is 1. The van der Waals surface area contributed by atoms with Gasteiger partial charge in [-0.3, -0.25) is 9.59 Å². The van der Waals surface area contributed by atoms with E-state index in [1.54, 1.807) is 0 Å². The monoisotopic (exact) mass is 343 g/mol. The smallest absolute Gasteiger partial charge is 0.241 e. The van der Waals surface area contributed by atoms with Gasteiger partial charge in [-0.25, -0.2) is 0 Å². The molecule has 2 heterocycles. The van der Waals surface area contributed by atoms with E-state index < -0.39 is 0 Å². The Morgan fingerprint density at radius 1 is 1.20 bits per heavy atom. The summed E-state index contributed by atoms with van der Waals surface area (Å²) in [5.74, 6) is 1.07. The zero-order chi connectivity index (χ0) is 17.6. The van der Waals surface area contributed by atoms with Gasteiger partial charge in [-0.15, -0.1) is 0 Å². The van der Waals surface area contributed by atoms with E-state index in [1.165, 1.54) is 5.56 Å². The van der Waals surface area contributed by atoms with Crippen LogP contribution in [0.25, 0.3) is 0 Å². The van der Waals surface area contributed by atoms with Crippen LogP contribution in [0.3, 0.4) is 0 Å². The van der Waals surface area contributed by atoms with Crippen LogP contribution in [0.1, 0.15) is 25.3 Å². The van der Waals surface area contributed by atoms with Crippen molar-refractivity contribution in [1.82, 2.24) is 15.5 Å². The maximum Gasteiger partial charge on any atom is 0.241 e. The summed E-state index contributed by atoms with van der Waals surface area (Å²) in [6.45, 7) is 5.48. The van der Waals surface area contributed by atoms with Gasteiger partial charge in [0.15, 0.2) is 0 Å². The van der Waals surface area contributed by atoms with Crippen LogP contribution in [0.2, 0.25) is 0 Å². The van der Waals surface area contributed by atoms with Crippen LogP contribution in [0.5, 0.6) is 0 Å². The topological polar surface area (TPSA) is 61.4 Å². The highest BCUT2D eigenvalue weighted by Gasteiger charge is 2.29. The summed E-state index contributed by atoms with van der Waals surface area (Å²) in [6, 6.07) is 10.5. The number of piperidine rings is 1. The van der Waals surface area contributed by atoms with Gasteiger partial charge in [0.2, 0.25) is 11.8 Å². The molecule has 2 N–H and O–H groups in total. The number of carbonyl (C=O) groups excluding carboxylic acids is 2. The Hall–Kier alpha value is -1.88. The average molecular weight is 343 g/mol. The molecular weight excluding hydrogens is 314 g/mol. The number of nitrogens with one attached hydrogen (secondary N) is 2. The first-order valence-electron chi connectivity index (χ1n) is 9.43. The first-order chi connectivity index (χ1) is 12.1. The van der Waals surface area contributed by atoms with E-state index in [9.17, 15) is 9.59 Å². The normalized spacial score (nSPS) is 20.0. The highest BCUT2D eigenvalue weighted by atomic mass is 16.2. The predicted molar refractivity (Wildman–Crippen MR) is 98.0 cm³/mol. The first kappa shape index (κ1) is 17.9. The lowest BCUT2D eigenvalue weighted by Gasteiger charge is -2.33. The zero-order valence-corrected chi connectivity index (χ0v) is 15.0. The summed E-state index contributed by atoms with van der Waals surface area (Å²) < 4.78 is 0. The Morgan fingerprint density at radius 2 is 1.88 bits per heavy atom. The third-order valence-corrected chi connectivity index (χ3v) is 5.68. The minimum absolute atomic E-state index is 0.00110. The molecule has 136 valence electrons. The molecular formula is C20H29N3O2. The maximum absolute atomic E-state index is 12.3. The van der Waals surface area contributed by atoms with Crippen LogP contribution < -0.4 is 10.6 Å². The van der Waals surface area contributed by atoms with E-state index in [0.29, 0.717) is 11.8 Å². The Labute approximate surface area is 150 Å². The molecule has 1 aromatic carbocycles. The number of carbonyl (C=O) groups is 2. The Morgan fingerprint density at radius 3 is 2.48 bits per heavy atom. The molecule has 0 saturated carbocycles. The standard InChI is InChI=1S/C20H29N3O2/c1-15(18-12-21-13-18)20(25)22-14-19(24)23-9-7-17(8-10-23)11-16-5-3-2-4-6-16/h2-6,15,17-18,21H,7-14H2,1H3,(H,22,25). The van der Waals surface area contributed by atoms with Gasteiger partial charge in [0.25, 0.3) is 0 Å². The lowest BCUT2D eigenvalue weighted by Crippen LogP contribution is -2.51. The molecule has 0 bridgehead atoms. The largest absolute Gasteiger partial charge is 0.347 e. The molecule has 2 aliphatic rings. The number of benzene rings is 1. The van der Waals surface area contributed by atoms with Crippen molar-refractivity contribution in [3.05, 3.63) is 35.9 Å². The lowest BCUT2D eigenvalue weighted by molar-refractivity contribution is -0.135. The number of rotatable bonds is 6. The van der Waals surface area contributed by atoms with Crippen LogP contribution in [-0.4, -0.2) is 49.4 Å². The molecule has 2 fully saturated rings. The Bertz CT molecular complexity index is 578. The first-order valence-corrected chi connectivity index (χ1v) is 9.43. The van der Waals surface area contributed by atoms with Crippen molar-refractivity contribution in [2.75, 3.05) is 32.7 Å². The van der Waals surface area contributed by atoms with Gasteiger partial charge in [-0.2, -0.15) is 0 Å². The summed E-state index contributed by atoms with van der Waals surface area (Å²) in [5.41, 5.74) is 1.37. The van der Waals surface area contributed by atoms with Crippen molar-refractivity contribution in [2.24, 2.45) is 17.8 Å². The molecule has 2 aliphatic heterocycles. The van der Waals surface area contributed by atoms with E-state index in [1.807, 2.05) is 17.9 Å². The molecule has 3 rings (SSSR count). The van der Waals surface area contributed by atoms with Gasteiger partial charge >= 0.3 is 0 Å². The number of hydrogen-bond acceptors (Lipinski definition) is 3. The van der Waals surface area contributed by atoms with Gasteiger partial charge in [-0.1, -0.05) is 37.3 Å². The zero-order valence-electron chi connectivity index (χ0n) is 15.0. The molecule has 1 unspecified atom stereocenters. The fourth-order valence-electron chi connectivity index (χ4n) is 3.65. The molecule has 0 aromatic heterocycles. The third-order valence-electron chi connectivity index (χ3n) is 5.68. The van der Waals surface area contributed by atoms with Crippen LogP contribution in [0.15, 0.2) is 30.3 Å². The second-order valence-corrected chi connectivity index (χ2v) is 7.44. The highest BCUT2D eigenvalue weighted by molar-refractivity contribution is 5.86. The number of amides is 2. The molecule has 5 nitrogen and oxygen atoms in total. The van der Waals surface area contributed by atoms with E-state index in [0.717, 1.165) is 45.4 Å². The van der Waals surface area contributed by atoms with E-state index in [-0.39, 0.29) is 24.3 Å². The summed E-state index contributed by atoms with van der Waals surface area (Å²) in [6.07, 6.45) is 3.17. The maximum atomic E-state index is 12.3. The molecule has 2 amide bonds. The fourth-order valence-corrected chi connectivity index (χ4v) is 3.65. The molecule has 5 heteroatoms. The average Bonchev–Trinajstić information content (AvgIpc) is 2.59. The molecule has 0 radical (unpaired) electrons. The van der Waals surface area contributed by atoms with Crippen molar-refractivity contribution >= 4 is 11.8 Å². The van der Waals surface area contributed by atoms with Crippen LogP contribution in [-0.2, 0) is 16.0 Å². The molecule has 25 heavy (non-hydrogen) atoms. The second kappa shape index (κ2) is 8.48. The molecule has 2 saturated heterocycles. The van der Waals surface area contributed by atoms with Gasteiger partial charge in [-0.05, 0) is 49.8 Å². The van der Waals surface area contributed by atoms with Crippen molar-refractivity contribution in [3.8, 4) is 0 Å². The SMILES string of the molecule is CC(C(=O)NCC(=O)N1CCC(Cc2ccccc2)CC1)C1CNC1. The third kappa shape index (κ3) is 4.82. The minimum atomic E-state index is -0.0225. The van der Waals surface area contributed by atoms with Crippen LogP contribution in [0.4, 0.5) is 0 Å². The Kier molecular flexibility index (Phi) is 6.08. The van der Waals surface area contributed by atoms with Crippen molar-refractivity contribution in [3.63, 3.8) is 0 Å². The summed E-state index contributed by atoms with van der Waals surface area (Å²) in [5, 5.41) is 6.00. The molecule has 1 aromatic rings. The van der Waals surface area contributed by atoms with Gasteiger partial charge in [0.05, 0.1) is 6.54 Å². The summed E-state index contributed by atoms with van der Waals surface area (Å²) >= 11 is 0. The number of nitrogens with zero attached hydrogens (tertiary/aromatic N) is 1. The van der Waals surface area contributed by atoms with Crippen LogP contribution in [0, 0.1) is 17.8 Å².